The topological polar surface area (TPSA) is 186 Å². The van der Waals surface area contributed by atoms with E-state index in [4.69, 9.17) is 0 Å². The van der Waals surface area contributed by atoms with Crippen LogP contribution in [0.4, 0.5) is 0 Å². The number of fused-ring (bicyclic) bond motifs is 2. The van der Waals surface area contributed by atoms with Crippen LogP contribution < -0.4 is 26.6 Å². The second kappa shape index (κ2) is 15.6. The Labute approximate surface area is 288 Å². The van der Waals surface area contributed by atoms with Crippen molar-refractivity contribution in [1.29, 1.82) is 0 Å². The van der Waals surface area contributed by atoms with Gasteiger partial charge in [0, 0.05) is 28.1 Å². The van der Waals surface area contributed by atoms with E-state index in [0.717, 1.165) is 10.1 Å². The zero-order valence-electron chi connectivity index (χ0n) is 27.6. The zero-order valence-corrected chi connectivity index (χ0v) is 28.4. The number of hydrogen-bond acceptors (Lipinski definition) is 8. The summed E-state index contributed by atoms with van der Waals surface area (Å²) in [6, 6.07) is 10.3. The maximum atomic E-state index is 13.9. The van der Waals surface area contributed by atoms with Crippen molar-refractivity contribution in [3.8, 4) is 0 Å². The molecule has 2 aliphatic rings. The Morgan fingerprint density at radius 1 is 0.918 bits per heavy atom. The average Bonchev–Trinajstić information content (AvgIpc) is 3.70. The third-order valence-corrected chi connectivity index (χ3v) is 9.73. The van der Waals surface area contributed by atoms with Gasteiger partial charge in [-0.3, -0.25) is 28.8 Å². The fourth-order valence-electron chi connectivity index (χ4n) is 6.26. The van der Waals surface area contributed by atoms with Crippen LogP contribution in [0.2, 0.25) is 0 Å². The fourth-order valence-corrected chi connectivity index (χ4v) is 7.20. The SMILES string of the molecule is CC(C)C[C@@H]1NC(=O)C[C@@H](c2ccccc2)NC(=O)[C@H](C)NC(=O)[C@@H]2C[C@H](NC(=O)c3csc4ccccc34)CN2C(=O)[C@H](CO)NC1=O. The molecule has 5 rings (SSSR count). The molecule has 6 atom stereocenters. The Morgan fingerprint density at radius 3 is 2.35 bits per heavy atom. The van der Waals surface area contributed by atoms with Crippen LogP contribution in [0.1, 0.15) is 62.0 Å². The monoisotopic (exact) mass is 690 g/mol. The molecule has 2 fully saturated rings. The molecule has 2 aliphatic heterocycles. The van der Waals surface area contributed by atoms with E-state index < -0.39 is 72.4 Å². The van der Waals surface area contributed by atoms with Crippen LogP contribution in [0.15, 0.2) is 60.0 Å². The number of amides is 6. The van der Waals surface area contributed by atoms with Gasteiger partial charge in [-0.05, 0) is 37.3 Å². The number of hydrogen-bond donors (Lipinski definition) is 6. The number of benzene rings is 2. The highest BCUT2D eigenvalue weighted by Gasteiger charge is 2.43. The van der Waals surface area contributed by atoms with Gasteiger partial charge in [-0.2, -0.15) is 0 Å². The molecule has 0 saturated carbocycles. The summed E-state index contributed by atoms with van der Waals surface area (Å²) in [6.45, 7) is 4.39. The summed E-state index contributed by atoms with van der Waals surface area (Å²) in [6.07, 6.45) is 0.0752. The molecule has 0 aliphatic carbocycles. The molecule has 49 heavy (non-hydrogen) atoms. The van der Waals surface area contributed by atoms with Gasteiger partial charge in [-0.25, -0.2) is 0 Å². The first-order valence-corrected chi connectivity index (χ1v) is 17.3. The third-order valence-electron chi connectivity index (χ3n) is 8.76. The van der Waals surface area contributed by atoms with Crippen LogP contribution in [0.3, 0.4) is 0 Å². The molecule has 2 aromatic carbocycles. The van der Waals surface area contributed by atoms with Gasteiger partial charge < -0.3 is 36.6 Å². The van der Waals surface area contributed by atoms with E-state index in [0.29, 0.717) is 11.1 Å². The largest absolute Gasteiger partial charge is 0.394 e. The Balaban J connectivity index is 1.44. The summed E-state index contributed by atoms with van der Waals surface area (Å²) < 4.78 is 0.937. The molecule has 0 unspecified atom stereocenters. The number of nitrogens with one attached hydrogen (secondary N) is 5. The van der Waals surface area contributed by atoms with E-state index in [2.05, 4.69) is 26.6 Å². The Hall–Kier alpha value is -4.82. The minimum Gasteiger partial charge on any atom is -0.394 e. The van der Waals surface area contributed by atoms with Crippen molar-refractivity contribution in [3.63, 3.8) is 0 Å². The Bertz CT molecular complexity index is 1710. The molecular weight excluding hydrogens is 648 g/mol. The third kappa shape index (κ3) is 8.43. The van der Waals surface area contributed by atoms with Crippen LogP contribution in [-0.2, 0) is 24.0 Å². The maximum absolute atomic E-state index is 13.9. The van der Waals surface area contributed by atoms with Crippen molar-refractivity contribution < 1.29 is 33.9 Å². The Morgan fingerprint density at radius 2 is 1.63 bits per heavy atom. The maximum Gasteiger partial charge on any atom is 0.253 e. The van der Waals surface area contributed by atoms with Gasteiger partial charge in [0.25, 0.3) is 5.91 Å². The predicted molar refractivity (Wildman–Crippen MR) is 183 cm³/mol. The number of aliphatic hydroxyl groups is 1. The highest BCUT2D eigenvalue weighted by Crippen LogP contribution is 2.27. The van der Waals surface area contributed by atoms with E-state index >= 15 is 0 Å². The second-order valence-corrected chi connectivity index (χ2v) is 13.9. The normalized spacial score (nSPS) is 25.7. The minimum absolute atomic E-state index is 0.0215. The highest BCUT2D eigenvalue weighted by molar-refractivity contribution is 7.17. The first kappa shape index (κ1) is 35.5. The van der Waals surface area contributed by atoms with Crippen molar-refractivity contribution in [2.24, 2.45) is 5.92 Å². The molecule has 0 spiro atoms. The van der Waals surface area contributed by atoms with Crippen molar-refractivity contribution in [3.05, 3.63) is 71.1 Å². The number of carbonyl (C=O) groups excluding carboxylic acids is 6. The average molecular weight is 691 g/mol. The van der Waals surface area contributed by atoms with E-state index in [1.807, 2.05) is 38.1 Å². The Kier molecular flexibility index (Phi) is 11.3. The van der Waals surface area contributed by atoms with Crippen LogP contribution >= 0.6 is 11.3 Å². The fraction of sp³-hybridized carbons (Fsp3) is 0.429. The summed E-state index contributed by atoms with van der Waals surface area (Å²) in [4.78, 5) is 82.5. The molecule has 14 heteroatoms. The molecule has 13 nitrogen and oxygen atoms in total. The number of thiophene rings is 1. The van der Waals surface area contributed by atoms with Crippen LogP contribution in [0.25, 0.3) is 10.1 Å². The molecule has 1 aromatic heterocycles. The number of rotatable bonds is 6. The number of aliphatic hydroxyl groups excluding tert-OH is 1. The van der Waals surface area contributed by atoms with Crippen LogP contribution in [0.5, 0.6) is 0 Å². The highest BCUT2D eigenvalue weighted by atomic mass is 32.1. The van der Waals surface area contributed by atoms with E-state index in [1.165, 1.54) is 23.2 Å². The van der Waals surface area contributed by atoms with Crippen molar-refractivity contribution in [2.75, 3.05) is 13.2 Å². The lowest BCUT2D eigenvalue weighted by atomic mass is 10.00. The lowest BCUT2D eigenvalue weighted by molar-refractivity contribution is -0.143. The number of nitrogens with zero attached hydrogens (tertiary/aromatic N) is 1. The smallest absolute Gasteiger partial charge is 0.253 e. The predicted octanol–water partition coefficient (Wildman–Crippen LogP) is 1.37. The van der Waals surface area contributed by atoms with Crippen molar-refractivity contribution in [1.82, 2.24) is 31.5 Å². The summed E-state index contributed by atoms with van der Waals surface area (Å²) >= 11 is 1.43. The molecule has 3 aromatic rings. The number of carbonyl (C=O) groups is 6. The quantitative estimate of drug-likeness (QED) is 0.226. The van der Waals surface area contributed by atoms with Gasteiger partial charge in [0.15, 0.2) is 0 Å². The lowest BCUT2D eigenvalue weighted by Crippen LogP contribution is -2.59. The van der Waals surface area contributed by atoms with Gasteiger partial charge >= 0.3 is 0 Å². The summed E-state index contributed by atoms with van der Waals surface area (Å²) in [5.74, 6) is -3.52. The summed E-state index contributed by atoms with van der Waals surface area (Å²) in [5.41, 5.74) is 1.12. The van der Waals surface area contributed by atoms with Crippen LogP contribution in [0, 0.1) is 5.92 Å². The standard InChI is InChI=1S/C35H42N6O7S/c1-19(2)13-26-33(46)40-27(17-42)35(48)41-16-22(37-32(45)24-18-49-29-12-8-7-11-23(24)29)14-28(41)34(47)36-20(3)31(44)39-25(15-30(43)38-26)21-9-5-4-6-10-21/h4-12,18-20,22,25-28,42H,13-17H2,1-3H3,(H,36,47)(H,37,45)(H,38,43)(H,39,44)(H,40,46)/t20-,22-,25-,26-,27-,28-/m0/s1. The molecule has 6 amide bonds. The molecule has 6 N–H and O–H groups in total. The first-order valence-electron chi connectivity index (χ1n) is 16.4. The molecule has 260 valence electrons. The molecule has 0 radical (unpaired) electrons. The lowest BCUT2D eigenvalue weighted by Gasteiger charge is -2.30. The molecule has 2 saturated heterocycles. The van der Waals surface area contributed by atoms with Crippen LogP contribution in [-0.4, -0.2) is 88.8 Å². The van der Waals surface area contributed by atoms with E-state index in [1.54, 1.807) is 35.7 Å². The minimum atomic E-state index is -1.43. The van der Waals surface area contributed by atoms with Gasteiger partial charge in [-0.1, -0.05) is 62.4 Å². The summed E-state index contributed by atoms with van der Waals surface area (Å²) in [7, 11) is 0. The van der Waals surface area contributed by atoms with Crippen molar-refractivity contribution in [2.45, 2.75) is 76.3 Å². The second-order valence-electron chi connectivity index (χ2n) is 13.0. The molecule has 0 bridgehead atoms. The molecular formula is C35H42N6O7S. The van der Waals surface area contributed by atoms with Crippen molar-refractivity contribution >= 4 is 56.9 Å². The van der Waals surface area contributed by atoms with E-state index in [9.17, 15) is 33.9 Å². The van der Waals surface area contributed by atoms with Gasteiger partial charge in [0.05, 0.1) is 24.6 Å². The first-order chi connectivity index (χ1) is 23.4. The van der Waals surface area contributed by atoms with Gasteiger partial charge in [0.1, 0.15) is 24.2 Å². The van der Waals surface area contributed by atoms with Gasteiger partial charge in [-0.15, -0.1) is 11.3 Å². The van der Waals surface area contributed by atoms with Gasteiger partial charge in [0.2, 0.25) is 29.5 Å². The summed E-state index contributed by atoms with van der Waals surface area (Å²) in [5, 5.41) is 26.6. The van der Waals surface area contributed by atoms with E-state index in [-0.39, 0.29) is 37.6 Å². The zero-order chi connectivity index (χ0) is 35.2. The molecule has 3 heterocycles.